The van der Waals surface area contributed by atoms with Crippen LogP contribution in [0.25, 0.3) is 0 Å². The fourth-order valence-corrected chi connectivity index (χ4v) is 2.67. The van der Waals surface area contributed by atoms with Gasteiger partial charge in [0.25, 0.3) is 5.56 Å². The Hall–Kier alpha value is -2.36. The number of aromatic nitrogens is 1. The minimum atomic E-state index is -0.550. The highest BCUT2D eigenvalue weighted by Crippen LogP contribution is 2.35. The lowest BCUT2D eigenvalue weighted by Crippen LogP contribution is -2.23. The van der Waals surface area contributed by atoms with Crippen molar-refractivity contribution in [2.45, 2.75) is 26.8 Å². The maximum Gasteiger partial charge on any atom is 0.281 e. The summed E-state index contributed by atoms with van der Waals surface area (Å²) in [6.45, 7) is 4.94. The van der Waals surface area contributed by atoms with Crippen LogP contribution in [0.4, 0.5) is 11.4 Å². The standard InChI is InChI=1S/C16H14Cl2N4O2/c1-8(2)22-15(23)10(7-19)9(3)13(16(22)24)20-21-14-11(17)5-4-6-12(14)18/h4-6,8,23H,1-3H3. The zero-order valence-electron chi connectivity index (χ0n) is 13.2. The number of nitrogens with zero attached hydrogens (tertiary/aromatic N) is 4. The van der Waals surface area contributed by atoms with Gasteiger partial charge in [0.15, 0.2) is 5.69 Å². The van der Waals surface area contributed by atoms with Crippen LogP contribution in [0.1, 0.15) is 31.0 Å². The van der Waals surface area contributed by atoms with E-state index < -0.39 is 5.56 Å². The van der Waals surface area contributed by atoms with Crippen molar-refractivity contribution < 1.29 is 5.11 Å². The Morgan fingerprint density at radius 3 is 2.25 bits per heavy atom. The van der Waals surface area contributed by atoms with Gasteiger partial charge in [0.05, 0.1) is 10.0 Å². The summed E-state index contributed by atoms with van der Waals surface area (Å²) in [6.07, 6.45) is 0. The van der Waals surface area contributed by atoms with Crippen LogP contribution in [0, 0.1) is 18.3 Å². The maximum absolute atomic E-state index is 12.6. The Bertz CT molecular complexity index is 907. The molecular weight excluding hydrogens is 351 g/mol. The Balaban J connectivity index is 2.72. The van der Waals surface area contributed by atoms with Crippen molar-refractivity contribution in [2.75, 3.05) is 0 Å². The van der Waals surface area contributed by atoms with E-state index in [4.69, 9.17) is 23.2 Å². The van der Waals surface area contributed by atoms with Crippen LogP contribution in [0.3, 0.4) is 0 Å². The molecule has 0 bridgehead atoms. The SMILES string of the molecule is Cc1c(C#N)c(O)n(C(C)C)c(=O)c1N=Nc1c(Cl)cccc1Cl. The van der Waals surface area contributed by atoms with Gasteiger partial charge < -0.3 is 5.11 Å². The summed E-state index contributed by atoms with van der Waals surface area (Å²) in [5, 5.41) is 27.9. The minimum Gasteiger partial charge on any atom is -0.493 e. The average Bonchev–Trinajstić information content (AvgIpc) is 2.49. The summed E-state index contributed by atoms with van der Waals surface area (Å²) in [4.78, 5) is 12.6. The largest absolute Gasteiger partial charge is 0.493 e. The maximum atomic E-state index is 12.6. The molecule has 1 N–H and O–H groups in total. The predicted molar refractivity (Wildman–Crippen MR) is 92.8 cm³/mol. The highest BCUT2D eigenvalue weighted by molar-refractivity contribution is 6.38. The topological polar surface area (TPSA) is 90.7 Å². The van der Waals surface area contributed by atoms with Crippen LogP contribution in [-0.4, -0.2) is 9.67 Å². The van der Waals surface area contributed by atoms with Crippen molar-refractivity contribution in [3.63, 3.8) is 0 Å². The second-order valence-corrected chi connectivity index (χ2v) is 6.14. The Labute approximate surface area is 148 Å². The van der Waals surface area contributed by atoms with Crippen molar-refractivity contribution >= 4 is 34.6 Å². The lowest BCUT2D eigenvalue weighted by Gasteiger charge is -2.15. The molecule has 0 aliphatic rings. The van der Waals surface area contributed by atoms with Crippen LogP contribution in [-0.2, 0) is 0 Å². The summed E-state index contributed by atoms with van der Waals surface area (Å²) in [6, 6.07) is 6.38. The molecule has 0 saturated carbocycles. The van der Waals surface area contributed by atoms with E-state index in [1.807, 2.05) is 6.07 Å². The molecule has 8 heteroatoms. The molecule has 0 spiro atoms. The Morgan fingerprint density at radius 2 is 1.75 bits per heavy atom. The van der Waals surface area contributed by atoms with Gasteiger partial charge in [-0.25, -0.2) is 0 Å². The molecule has 6 nitrogen and oxygen atoms in total. The fourth-order valence-electron chi connectivity index (χ4n) is 2.19. The molecule has 0 fully saturated rings. The van der Waals surface area contributed by atoms with Crippen LogP contribution < -0.4 is 5.56 Å². The van der Waals surface area contributed by atoms with Crippen LogP contribution in [0.5, 0.6) is 5.88 Å². The molecule has 2 rings (SSSR count). The van der Waals surface area contributed by atoms with Crippen molar-refractivity contribution in [1.29, 1.82) is 5.26 Å². The van der Waals surface area contributed by atoms with Crippen molar-refractivity contribution in [3.05, 3.63) is 49.7 Å². The number of azo groups is 1. The Kier molecular flexibility index (Phi) is 5.27. The second kappa shape index (κ2) is 7.04. The van der Waals surface area contributed by atoms with Crippen LogP contribution >= 0.6 is 23.2 Å². The van der Waals surface area contributed by atoms with E-state index >= 15 is 0 Å². The molecule has 1 aromatic carbocycles. The quantitative estimate of drug-likeness (QED) is 0.773. The molecule has 24 heavy (non-hydrogen) atoms. The molecule has 0 saturated heterocycles. The fraction of sp³-hybridized carbons (Fsp3) is 0.250. The highest BCUT2D eigenvalue weighted by Gasteiger charge is 2.20. The van der Waals surface area contributed by atoms with E-state index in [-0.39, 0.29) is 44.5 Å². The van der Waals surface area contributed by atoms with Crippen molar-refractivity contribution in [3.8, 4) is 11.9 Å². The lowest BCUT2D eigenvalue weighted by atomic mass is 10.1. The van der Waals surface area contributed by atoms with Gasteiger partial charge in [-0.3, -0.25) is 9.36 Å². The number of nitriles is 1. The van der Waals surface area contributed by atoms with E-state index in [1.54, 1.807) is 32.0 Å². The van der Waals surface area contributed by atoms with Crippen LogP contribution in [0.15, 0.2) is 33.2 Å². The third-order valence-corrected chi connectivity index (χ3v) is 4.03. The van der Waals surface area contributed by atoms with Gasteiger partial charge in [0.2, 0.25) is 5.88 Å². The molecule has 0 aliphatic carbocycles. The van der Waals surface area contributed by atoms with Gasteiger partial charge in [-0.1, -0.05) is 29.3 Å². The minimum absolute atomic E-state index is 0.0255. The van der Waals surface area contributed by atoms with Gasteiger partial charge in [0, 0.05) is 11.6 Å². The number of halogens is 2. The van der Waals surface area contributed by atoms with Gasteiger partial charge in [-0.05, 0) is 32.9 Å². The highest BCUT2D eigenvalue weighted by atomic mass is 35.5. The summed E-state index contributed by atoms with van der Waals surface area (Å²) < 4.78 is 1.09. The molecule has 124 valence electrons. The predicted octanol–water partition coefficient (Wildman–Crippen LogP) is 5.04. The van der Waals surface area contributed by atoms with Gasteiger partial charge in [-0.15, -0.1) is 10.2 Å². The number of rotatable bonds is 3. The van der Waals surface area contributed by atoms with Crippen LogP contribution in [0.2, 0.25) is 10.0 Å². The molecule has 2 aromatic rings. The van der Waals surface area contributed by atoms with Crippen molar-refractivity contribution in [1.82, 2.24) is 4.57 Å². The number of benzene rings is 1. The third-order valence-electron chi connectivity index (χ3n) is 3.42. The van der Waals surface area contributed by atoms with E-state index in [0.29, 0.717) is 0 Å². The number of pyridine rings is 1. The first-order chi connectivity index (χ1) is 11.3. The first-order valence-electron chi connectivity index (χ1n) is 7.03. The molecule has 0 atom stereocenters. The summed E-state index contributed by atoms with van der Waals surface area (Å²) in [5.74, 6) is -0.385. The average molecular weight is 365 g/mol. The number of hydrogen-bond acceptors (Lipinski definition) is 5. The summed E-state index contributed by atoms with van der Waals surface area (Å²) in [7, 11) is 0. The van der Waals surface area contributed by atoms with E-state index in [1.165, 1.54) is 6.92 Å². The molecule has 1 aromatic heterocycles. The summed E-state index contributed by atoms with van der Waals surface area (Å²) >= 11 is 12.1. The number of hydrogen-bond donors (Lipinski definition) is 1. The molecule has 0 amide bonds. The number of aromatic hydroxyl groups is 1. The van der Waals surface area contributed by atoms with Gasteiger partial charge in [-0.2, -0.15) is 5.26 Å². The van der Waals surface area contributed by atoms with E-state index in [0.717, 1.165) is 4.57 Å². The molecular formula is C16H14Cl2N4O2. The first kappa shape index (κ1) is 18.0. The molecule has 0 unspecified atom stereocenters. The zero-order chi connectivity index (χ0) is 18.0. The lowest BCUT2D eigenvalue weighted by molar-refractivity contribution is 0.386. The van der Waals surface area contributed by atoms with Gasteiger partial charge >= 0.3 is 0 Å². The van der Waals surface area contributed by atoms with E-state index in [2.05, 4.69) is 10.2 Å². The third kappa shape index (κ3) is 3.14. The monoisotopic (exact) mass is 364 g/mol. The smallest absolute Gasteiger partial charge is 0.281 e. The molecule has 0 aliphatic heterocycles. The second-order valence-electron chi connectivity index (χ2n) is 5.32. The van der Waals surface area contributed by atoms with E-state index in [9.17, 15) is 15.2 Å². The first-order valence-corrected chi connectivity index (χ1v) is 7.79. The summed E-state index contributed by atoms with van der Waals surface area (Å²) in [5.41, 5.74) is -0.159. The van der Waals surface area contributed by atoms with Gasteiger partial charge in [0.1, 0.15) is 17.3 Å². The Morgan fingerprint density at radius 1 is 1.21 bits per heavy atom. The van der Waals surface area contributed by atoms with Crippen molar-refractivity contribution in [2.24, 2.45) is 10.2 Å². The molecule has 1 heterocycles. The molecule has 0 radical (unpaired) electrons. The zero-order valence-corrected chi connectivity index (χ0v) is 14.7. The normalized spacial score (nSPS) is 11.2.